The number of rotatable bonds is 5. The second-order valence-electron chi connectivity index (χ2n) is 3.70. The van der Waals surface area contributed by atoms with Crippen LogP contribution in [0.5, 0.6) is 5.75 Å². The van der Waals surface area contributed by atoms with Gasteiger partial charge in [0.15, 0.2) is 0 Å². The number of hydrogen-bond donors (Lipinski definition) is 0. The average molecular weight is 363 g/mol. The van der Waals surface area contributed by atoms with Crippen LogP contribution in [0.15, 0.2) is 40.2 Å². The Hall–Kier alpha value is -1.47. The van der Waals surface area contributed by atoms with E-state index < -0.39 is 12.6 Å². The van der Waals surface area contributed by atoms with Crippen LogP contribution in [0.25, 0.3) is 0 Å². The molecule has 106 valence electrons. The molecule has 0 radical (unpaired) electrons. The highest BCUT2D eigenvalue weighted by atomic mass is 79.9. The zero-order valence-corrected chi connectivity index (χ0v) is 12.4. The normalized spacial score (nSPS) is 10.6. The van der Waals surface area contributed by atoms with E-state index in [4.69, 9.17) is 4.74 Å². The summed E-state index contributed by atoms with van der Waals surface area (Å²) in [4.78, 5) is 12.2. The summed E-state index contributed by atoms with van der Waals surface area (Å²) in [6, 6.07) is 9.35. The van der Waals surface area contributed by atoms with Crippen LogP contribution in [0.3, 0.4) is 0 Å². The van der Waals surface area contributed by atoms with Gasteiger partial charge in [-0.1, -0.05) is 12.1 Å². The van der Waals surface area contributed by atoms with E-state index in [1.165, 1.54) is 23.5 Å². The van der Waals surface area contributed by atoms with Crippen molar-refractivity contribution >= 4 is 33.2 Å². The van der Waals surface area contributed by atoms with Gasteiger partial charge in [-0.2, -0.15) is 8.78 Å². The molecular formula is C13H9BrF2O3S. The fourth-order valence-electron chi connectivity index (χ4n) is 1.41. The Kier molecular flexibility index (Phi) is 5.08. The first kappa shape index (κ1) is 14.9. The fraction of sp³-hybridized carbons (Fsp3) is 0.154. The zero-order valence-electron chi connectivity index (χ0n) is 10.0. The van der Waals surface area contributed by atoms with Crippen molar-refractivity contribution in [2.75, 3.05) is 0 Å². The molecule has 0 spiro atoms. The second-order valence-corrected chi connectivity index (χ2v) is 6.17. The van der Waals surface area contributed by atoms with Crippen LogP contribution in [0, 0.1) is 0 Å². The molecule has 20 heavy (non-hydrogen) atoms. The number of halogens is 3. The molecule has 1 aromatic heterocycles. The van der Waals surface area contributed by atoms with E-state index in [9.17, 15) is 13.6 Å². The van der Waals surface area contributed by atoms with Crippen LogP contribution in [0.4, 0.5) is 8.78 Å². The Morgan fingerprint density at radius 1 is 1.20 bits per heavy atom. The largest absolute Gasteiger partial charge is 0.457 e. The third-order valence-electron chi connectivity index (χ3n) is 2.29. The van der Waals surface area contributed by atoms with E-state index in [1.54, 1.807) is 24.3 Å². The highest BCUT2D eigenvalue weighted by Crippen LogP contribution is 2.23. The topological polar surface area (TPSA) is 35.5 Å². The van der Waals surface area contributed by atoms with Gasteiger partial charge in [-0.3, -0.25) is 0 Å². The minimum atomic E-state index is -2.85. The van der Waals surface area contributed by atoms with Crippen molar-refractivity contribution in [2.45, 2.75) is 13.2 Å². The monoisotopic (exact) mass is 362 g/mol. The fourth-order valence-corrected chi connectivity index (χ4v) is 2.69. The Balaban J connectivity index is 1.89. The summed E-state index contributed by atoms with van der Waals surface area (Å²) in [5.74, 6) is -0.356. The van der Waals surface area contributed by atoms with Gasteiger partial charge in [0.1, 0.15) is 17.2 Å². The van der Waals surface area contributed by atoms with Crippen molar-refractivity contribution in [3.05, 3.63) is 50.6 Å². The van der Waals surface area contributed by atoms with Crippen LogP contribution in [-0.4, -0.2) is 12.6 Å². The van der Waals surface area contributed by atoms with Crippen molar-refractivity contribution in [2.24, 2.45) is 0 Å². The lowest BCUT2D eigenvalue weighted by Gasteiger charge is -2.06. The molecule has 0 saturated carbocycles. The molecule has 0 atom stereocenters. The standard InChI is InChI=1S/C13H9BrF2O3S/c14-11-6-5-10(20-11)12(17)18-7-8-1-3-9(4-2-8)19-13(15)16/h1-6,13H,7H2. The number of benzene rings is 1. The molecule has 2 rings (SSSR count). The van der Waals surface area contributed by atoms with Crippen molar-refractivity contribution in [1.82, 2.24) is 0 Å². The van der Waals surface area contributed by atoms with Crippen LogP contribution in [0.2, 0.25) is 0 Å². The van der Waals surface area contributed by atoms with Gasteiger partial charge in [0, 0.05) is 0 Å². The van der Waals surface area contributed by atoms with Crippen molar-refractivity contribution < 1.29 is 23.0 Å². The third-order valence-corrected chi connectivity index (χ3v) is 3.90. The molecule has 0 unspecified atom stereocenters. The Morgan fingerprint density at radius 3 is 2.45 bits per heavy atom. The predicted octanol–water partition coefficient (Wildman–Crippen LogP) is 4.47. The lowest BCUT2D eigenvalue weighted by Crippen LogP contribution is -2.04. The lowest BCUT2D eigenvalue weighted by molar-refractivity contribution is -0.0498. The van der Waals surface area contributed by atoms with Crippen LogP contribution >= 0.6 is 27.3 Å². The van der Waals surface area contributed by atoms with Gasteiger partial charge in [-0.25, -0.2) is 4.79 Å². The summed E-state index contributed by atoms with van der Waals surface area (Å²) in [6.45, 7) is -2.78. The lowest BCUT2D eigenvalue weighted by atomic mass is 10.2. The van der Waals surface area contributed by atoms with Gasteiger partial charge >= 0.3 is 12.6 Å². The maximum Gasteiger partial charge on any atom is 0.387 e. The van der Waals surface area contributed by atoms with Crippen LogP contribution < -0.4 is 4.74 Å². The molecule has 0 saturated heterocycles. The Bertz CT molecular complexity index is 584. The molecule has 0 aliphatic heterocycles. The molecule has 0 fully saturated rings. The van der Waals surface area contributed by atoms with E-state index in [0.717, 1.165) is 3.79 Å². The van der Waals surface area contributed by atoms with Gasteiger partial charge in [0.25, 0.3) is 0 Å². The van der Waals surface area contributed by atoms with E-state index in [1.807, 2.05) is 0 Å². The predicted molar refractivity (Wildman–Crippen MR) is 74.2 cm³/mol. The summed E-state index contributed by atoms with van der Waals surface area (Å²) in [5, 5.41) is 0. The first-order chi connectivity index (χ1) is 9.54. The molecule has 0 amide bonds. The Morgan fingerprint density at radius 2 is 1.90 bits per heavy atom. The van der Waals surface area contributed by atoms with Crippen molar-refractivity contribution in [3.63, 3.8) is 0 Å². The highest BCUT2D eigenvalue weighted by molar-refractivity contribution is 9.11. The number of hydrogen-bond acceptors (Lipinski definition) is 4. The summed E-state index contributed by atoms with van der Waals surface area (Å²) < 4.78 is 34.1. The van der Waals surface area contributed by atoms with Crippen LogP contribution in [-0.2, 0) is 11.3 Å². The molecule has 1 aromatic carbocycles. The number of carbonyl (C=O) groups excluding carboxylic acids is 1. The SMILES string of the molecule is O=C(OCc1ccc(OC(F)F)cc1)c1ccc(Br)s1. The molecule has 7 heteroatoms. The molecule has 0 bridgehead atoms. The quantitative estimate of drug-likeness (QED) is 0.736. The molecule has 1 heterocycles. The molecule has 0 aliphatic rings. The van der Waals surface area contributed by atoms with Crippen molar-refractivity contribution in [1.29, 1.82) is 0 Å². The Labute approximate surface area is 126 Å². The minimum Gasteiger partial charge on any atom is -0.457 e. The highest BCUT2D eigenvalue weighted by Gasteiger charge is 2.10. The maximum absolute atomic E-state index is 12.0. The summed E-state index contributed by atoms with van der Waals surface area (Å²) in [7, 11) is 0. The number of ether oxygens (including phenoxy) is 2. The van der Waals surface area contributed by atoms with Gasteiger partial charge in [-0.15, -0.1) is 11.3 Å². The first-order valence-electron chi connectivity index (χ1n) is 5.51. The second kappa shape index (κ2) is 6.81. The van der Waals surface area contributed by atoms with E-state index in [-0.39, 0.29) is 12.4 Å². The van der Waals surface area contributed by atoms with Gasteiger partial charge < -0.3 is 9.47 Å². The molecule has 2 aromatic rings. The smallest absolute Gasteiger partial charge is 0.387 e. The summed E-state index contributed by atoms with van der Waals surface area (Å²) in [6.07, 6.45) is 0. The number of thiophene rings is 1. The van der Waals surface area contributed by atoms with Crippen molar-refractivity contribution in [3.8, 4) is 5.75 Å². The zero-order chi connectivity index (χ0) is 14.5. The third kappa shape index (κ3) is 4.28. The van der Waals surface area contributed by atoms with Gasteiger partial charge in [-0.05, 0) is 45.8 Å². The van der Waals surface area contributed by atoms with Crippen LogP contribution in [0.1, 0.15) is 15.2 Å². The van der Waals surface area contributed by atoms with E-state index in [2.05, 4.69) is 20.7 Å². The number of carbonyl (C=O) groups is 1. The molecule has 0 aliphatic carbocycles. The molecule has 3 nitrogen and oxygen atoms in total. The summed E-state index contributed by atoms with van der Waals surface area (Å²) >= 11 is 4.54. The van der Waals surface area contributed by atoms with Gasteiger partial charge in [0.05, 0.1) is 3.79 Å². The minimum absolute atomic E-state index is 0.0669. The summed E-state index contributed by atoms with van der Waals surface area (Å²) in [5.41, 5.74) is 0.690. The van der Waals surface area contributed by atoms with E-state index >= 15 is 0 Å². The maximum atomic E-state index is 12.0. The van der Waals surface area contributed by atoms with E-state index in [0.29, 0.717) is 10.4 Å². The molecule has 0 N–H and O–H groups in total. The number of esters is 1. The molecular weight excluding hydrogens is 354 g/mol. The average Bonchev–Trinajstić information content (AvgIpc) is 2.84. The van der Waals surface area contributed by atoms with Gasteiger partial charge in [0.2, 0.25) is 0 Å². The number of alkyl halides is 2. The first-order valence-corrected chi connectivity index (χ1v) is 7.12.